The van der Waals surface area contributed by atoms with Crippen LogP contribution in [0.2, 0.25) is 0 Å². The van der Waals surface area contributed by atoms with E-state index in [1.54, 1.807) is 0 Å². The molecule has 0 aliphatic rings. The average Bonchev–Trinajstić information content (AvgIpc) is 2.58. The Morgan fingerprint density at radius 2 is 1.68 bits per heavy atom. The van der Waals surface area contributed by atoms with Gasteiger partial charge in [-0.3, -0.25) is 0 Å². The van der Waals surface area contributed by atoms with E-state index in [0.29, 0.717) is 17.6 Å². The van der Waals surface area contributed by atoms with Crippen molar-refractivity contribution in [3.63, 3.8) is 0 Å². The van der Waals surface area contributed by atoms with Crippen LogP contribution in [0.5, 0.6) is 11.6 Å². The zero-order chi connectivity index (χ0) is 18.6. The van der Waals surface area contributed by atoms with E-state index in [1.807, 2.05) is 6.20 Å². The second-order valence-electron chi connectivity index (χ2n) is 6.72. The second-order valence-corrected chi connectivity index (χ2v) is 6.72. The van der Waals surface area contributed by atoms with Crippen molar-refractivity contribution in [2.75, 3.05) is 11.1 Å². The molecule has 4 heteroatoms. The molecule has 0 atom stereocenters. The maximum absolute atomic E-state index is 6.45. The lowest BCUT2D eigenvalue weighted by molar-refractivity contribution is 0.458. The number of benzene rings is 1. The molecule has 0 saturated heterocycles. The predicted octanol–water partition coefficient (Wildman–Crippen LogP) is 5.54. The number of hydrogen-bond acceptors (Lipinski definition) is 4. The number of aryl methyl sites for hydroxylation is 4. The summed E-state index contributed by atoms with van der Waals surface area (Å²) in [4.78, 5) is 4.48. The molecule has 0 spiro atoms. The van der Waals surface area contributed by atoms with Gasteiger partial charge in [0.1, 0.15) is 11.4 Å². The SMILES string of the molecule is CCc1cnc(Oc2c(C)cc(C)cc2C)c(N)c1NC(CC)CC. The number of hydrogen-bond donors (Lipinski definition) is 2. The molecule has 0 radical (unpaired) electrons. The molecule has 0 saturated carbocycles. The largest absolute Gasteiger partial charge is 0.436 e. The van der Waals surface area contributed by atoms with Gasteiger partial charge in [0.15, 0.2) is 0 Å². The van der Waals surface area contributed by atoms with Gasteiger partial charge in [-0.2, -0.15) is 0 Å². The maximum Gasteiger partial charge on any atom is 0.244 e. The van der Waals surface area contributed by atoms with Crippen LogP contribution in [0.1, 0.15) is 55.9 Å². The van der Waals surface area contributed by atoms with Crippen molar-refractivity contribution < 1.29 is 4.74 Å². The van der Waals surface area contributed by atoms with Crippen LogP contribution in [0.15, 0.2) is 18.3 Å². The van der Waals surface area contributed by atoms with E-state index in [2.05, 4.69) is 64.0 Å². The maximum atomic E-state index is 6.45. The normalized spacial score (nSPS) is 11.0. The van der Waals surface area contributed by atoms with Gasteiger partial charge in [0.05, 0.1) is 5.69 Å². The number of aromatic nitrogens is 1. The summed E-state index contributed by atoms with van der Waals surface area (Å²) in [5.41, 5.74) is 12.5. The fourth-order valence-corrected chi connectivity index (χ4v) is 3.19. The molecule has 0 unspecified atom stereocenters. The van der Waals surface area contributed by atoms with E-state index in [4.69, 9.17) is 10.5 Å². The van der Waals surface area contributed by atoms with Gasteiger partial charge in [-0.15, -0.1) is 0 Å². The second kappa shape index (κ2) is 8.24. The fourth-order valence-electron chi connectivity index (χ4n) is 3.19. The molecule has 136 valence electrons. The Hall–Kier alpha value is -2.23. The van der Waals surface area contributed by atoms with Crippen molar-refractivity contribution in [1.29, 1.82) is 0 Å². The van der Waals surface area contributed by atoms with E-state index in [9.17, 15) is 0 Å². The quantitative estimate of drug-likeness (QED) is 0.693. The van der Waals surface area contributed by atoms with Crippen LogP contribution in [0, 0.1) is 20.8 Å². The van der Waals surface area contributed by atoms with E-state index >= 15 is 0 Å². The van der Waals surface area contributed by atoms with E-state index in [1.165, 1.54) is 5.56 Å². The predicted molar refractivity (Wildman–Crippen MR) is 107 cm³/mol. The Morgan fingerprint density at radius 1 is 1.08 bits per heavy atom. The molecular weight excluding hydrogens is 310 g/mol. The Balaban J connectivity index is 2.43. The van der Waals surface area contributed by atoms with Crippen molar-refractivity contribution in [2.45, 2.75) is 66.8 Å². The van der Waals surface area contributed by atoms with Crippen molar-refractivity contribution in [3.05, 3.63) is 40.6 Å². The van der Waals surface area contributed by atoms with Gasteiger partial charge in [-0.25, -0.2) is 4.98 Å². The molecule has 0 bridgehead atoms. The summed E-state index contributed by atoms with van der Waals surface area (Å²) in [5.74, 6) is 1.31. The molecule has 1 heterocycles. The molecule has 1 aromatic carbocycles. The molecule has 3 N–H and O–H groups in total. The summed E-state index contributed by atoms with van der Waals surface area (Å²) in [6, 6.07) is 4.62. The molecule has 0 amide bonds. The smallest absolute Gasteiger partial charge is 0.244 e. The molecule has 25 heavy (non-hydrogen) atoms. The van der Waals surface area contributed by atoms with Crippen LogP contribution in [0.4, 0.5) is 11.4 Å². The molecule has 0 aliphatic carbocycles. The van der Waals surface area contributed by atoms with Crippen LogP contribution in [-0.2, 0) is 6.42 Å². The van der Waals surface area contributed by atoms with Gasteiger partial charge >= 0.3 is 0 Å². The number of anilines is 2. The Morgan fingerprint density at radius 3 is 2.20 bits per heavy atom. The number of pyridine rings is 1. The molecular formula is C21H31N3O. The number of nitrogens with two attached hydrogens (primary N) is 1. The van der Waals surface area contributed by atoms with E-state index in [0.717, 1.165) is 47.4 Å². The minimum atomic E-state index is 0.394. The minimum Gasteiger partial charge on any atom is -0.436 e. The van der Waals surface area contributed by atoms with Gasteiger partial charge in [-0.05, 0) is 56.7 Å². The highest BCUT2D eigenvalue weighted by atomic mass is 16.5. The van der Waals surface area contributed by atoms with Crippen molar-refractivity contribution in [3.8, 4) is 11.6 Å². The first-order valence-corrected chi connectivity index (χ1v) is 9.20. The third-order valence-corrected chi connectivity index (χ3v) is 4.68. The van der Waals surface area contributed by atoms with E-state index in [-0.39, 0.29) is 0 Å². The molecule has 2 aromatic rings. The minimum absolute atomic E-state index is 0.394. The van der Waals surface area contributed by atoms with Crippen molar-refractivity contribution in [2.24, 2.45) is 0 Å². The van der Waals surface area contributed by atoms with Gasteiger partial charge in [0.2, 0.25) is 5.88 Å². The summed E-state index contributed by atoms with van der Waals surface area (Å²) in [7, 11) is 0. The number of nitrogens with zero attached hydrogens (tertiary/aromatic N) is 1. The van der Waals surface area contributed by atoms with Crippen molar-refractivity contribution >= 4 is 11.4 Å². The highest BCUT2D eigenvalue weighted by molar-refractivity contribution is 5.75. The highest BCUT2D eigenvalue weighted by Gasteiger charge is 2.17. The monoisotopic (exact) mass is 341 g/mol. The zero-order valence-corrected chi connectivity index (χ0v) is 16.4. The summed E-state index contributed by atoms with van der Waals surface area (Å²) < 4.78 is 6.14. The van der Waals surface area contributed by atoms with Gasteiger partial charge in [0, 0.05) is 12.2 Å². The first-order chi connectivity index (χ1) is 11.9. The summed E-state index contributed by atoms with van der Waals surface area (Å²) in [6.45, 7) is 12.7. The molecule has 0 aliphatic heterocycles. The average molecular weight is 341 g/mol. The standard InChI is InChI=1S/C21H31N3O/c1-7-16-12-23-21(18(22)19(16)24-17(8-2)9-3)25-20-14(5)10-13(4)11-15(20)6/h10-12,17H,7-9,22H2,1-6H3,(H,23,24). The lowest BCUT2D eigenvalue weighted by Crippen LogP contribution is -2.19. The van der Waals surface area contributed by atoms with Crippen molar-refractivity contribution in [1.82, 2.24) is 4.98 Å². The number of nitrogen functional groups attached to an aromatic ring is 1. The number of nitrogens with one attached hydrogen (secondary N) is 1. The first kappa shape index (κ1) is 19.1. The van der Waals surface area contributed by atoms with Crippen LogP contribution in [0.3, 0.4) is 0 Å². The van der Waals surface area contributed by atoms with Gasteiger partial charge in [0.25, 0.3) is 0 Å². The first-order valence-electron chi connectivity index (χ1n) is 9.20. The topological polar surface area (TPSA) is 60.2 Å². The molecule has 1 aromatic heterocycles. The third-order valence-electron chi connectivity index (χ3n) is 4.68. The van der Waals surface area contributed by atoms with Gasteiger partial charge < -0.3 is 15.8 Å². The highest BCUT2D eigenvalue weighted by Crippen LogP contribution is 2.37. The molecule has 4 nitrogen and oxygen atoms in total. The number of ether oxygens (including phenoxy) is 1. The van der Waals surface area contributed by atoms with Crippen LogP contribution >= 0.6 is 0 Å². The van der Waals surface area contributed by atoms with Crippen LogP contribution in [-0.4, -0.2) is 11.0 Å². The Labute approximate surface area is 151 Å². The lowest BCUT2D eigenvalue weighted by atomic mass is 10.1. The lowest BCUT2D eigenvalue weighted by Gasteiger charge is -2.22. The summed E-state index contributed by atoms with van der Waals surface area (Å²) >= 11 is 0. The fraction of sp³-hybridized carbons (Fsp3) is 0.476. The van der Waals surface area contributed by atoms with Crippen LogP contribution in [0.25, 0.3) is 0 Å². The zero-order valence-electron chi connectivity index (χ0n) is 16.4. The Bertz CT molecular complexity index is 713. The third kappa shape index (κ3) is 4.25. The molecule has 2 rings (SSSR count). The Kier molecular flexibility index (Phi) is 6.29. The summed E-state index contributed by atoms with van der Waals surface area (Å²) in [5, 5.41) is 3.59. The van der Waals surface area contributed by atoms with Gasteiger partial charge in [-0.1, -0.05) is 38.5 Å². The van der Waals surface area contributed by atoms with E-state index < -0.39 is 0 Å². The molecule has 0 fully saturated rings. The van der Waals surface area contributed by atoms with Crippen LogP contribution < -0.4 is 15.8 Å². The number of rotatable bonds is 7. The summed E-state index contributed by atoms with van der Waals surface area (Å²) in [6.07, 6.45) is 4.85.